The molecule has 0 bridgehead atoms. The Morgan fingerprint density at radius 1 is 1.25 bits per heavy atom. The maximum Gasteiger partial charge on any atom is 0.0409 e. The monoisotopic (exact) mass is 293 g/mol. The van der Waals surface area contributed by atoms with Gasteiger partial charge in [-0.1, -0.05) is 63.3 Å². The molecule has 1 aliphatic rings. The maximum absolute atomic E-state index is 6.09. The van der Waals surface area contributed by atoms with E-state index in [1.54, 1.807) is 0 Å². The van der Waals surface area contributed by atoms with E-state index in [4.69, 9.17) is 11.6 Å². The average Bonchev–Trinajstić information content (AvgIpc) is 2.45. The molecular formula is C18H28ClN. The minimum Gasteiger partial charge on any atom is -0.310 e. The SMILES string of the molecule is CCC(NCCC1CCC(C)CC1)c1cccc(Cl)c1. The van der Waals surface area contributed by atoms with Crippen LogP contribution < -0.4 is 5.32 Å². The summed E-state index contributed by atoms with van der Waals surface area (Å²) < 4.78 is 0. The van der Waals surface area contributed by atoms with Crippen LogP contribution >= 0.6 is 11.6 Å². The molecule has 1 nitrogen and oxygen atoms in total. The van der Waals surface area contributed by atoms with Crippen LogP contribution in [0.25, 0.3) is 0 Å². The van der Waals surface area contributed by atoms with Gasteiger partial charge in [0.25, 0.3) is 0 Å². The summed E-state index contributed by atoms with van der Waals surface area (Å²) in [6.07, 6.45) is 8.14. The fraction of sp³-hybridized carbons (Fsp3) is 0.667. The van der Waals surface area contributed by atoms with Crippen LogP contribution in [0, 0.1) is 11.8 Å². The zero-order valence-corrected chi connectivity index (χ0v) is 13.6. The van der Waals surface area contributed by atoms with Gasteiger partial charge in [-0.05, 0) is 48.9 Å². The molecule has 1 atom stereocenters. The van der Waals surface area contributed by atoms with Crippen LogP contribution in [0.3, 0.4) is 0 Å². The first-order valence-corrected chi connectivity index (χ1v) is 8.55. The minimum atomic E-state index is 0.441. The van der Waals surface area contributed by atoms with Crippen molar-refractivity contribution in [1.82, 2.24) is 5.32 Å². The third-order valence-corrected chi connectivity index (χ3v) is 4.97. The van der Waals surface area contributed by atoms with Gasteiger partial charge in [0.15, 0.2) is 0 Å². The zero-order valence-electron chi connectivity index (χ0n) is 12.9. The van der Waals surface area contributed by atoms with E-state index in [0.29, 0.717) is 6.04 Å². The Bertz CT molecular complexity index is 396. The molecule has 0 saturated heterocycles. The van der Waals surface area contributed by atoms with Crippen molar-refractivity contribution in [1.29, 1.82) is 0 Å². The first kappa shape index (κ1) is 15.9. The highest BCUT2D eigenvalue weighted by atomic mass is 35.5. The molecule has 0 heterocycles. The maximum atomic E-state index is 6.09. The molecule has 1 saturated carbocycles. The molecule has 1 unspecified atom stereocenters. The molecule has 1 fully saturated rings. The van der Waals surface area contributed by atoms with Gasteiger partial charge in [0.1, 0.15) is 0 Å². The lowest BCUT2D eigenvalue weighted by Gasteiger charge is -2.27. The highest BCUT2D eigenvalue weighted by Crippen LogP contribution is 2.30. The normalized spacial score (nSPS) is 24.6. The largest absolute Gasteiger partial charge is 0.310 e. The van der Waals surface area contributed by atoms with Crippen LogP contribution in [0.15, 0.2) is 24.3 Å². The quantitative estimate of drug-likeness (QED) is 0.720. The van der Waals surface area contributed by atoms with E-state index in [1.165, 1.54) is 37.7 Å². The highest BCUT2D eigenvalue weighted by Gasteiger charge is 2.18. The summed E-state index contributed by atoms with van der Waals surface area (Å²) in [4.78, 5) is 0. The molecule has 0 spiro atoms. The van der Waals surface area contributed by atoms with Crippen molar-refractivity contribution in [2.45, 2.75) is 58.4 Å². The lowest BCUT2D eigenvalue weighted by molar-refractivity contribution is 0.272. The number of hydrogen-bond acceptors (Lipinski definition) is 1. The highest BCUT2D eigenvalue weighted by molar-refractivity contribution is 6.30. The average molecular weight is 294 g/mol. The molecular weight excluding hydrogens is 266 g/mol. The van der Waals surface area contributed by atoms with Gasteiger partial charge in [0, 0.05) is 11.1 Å². The Labute approximate surface area is 129 Å². The van der Waals surface area contributed by atoms with E-state index in [9.17, 15) is 0 Å². The van der Waals surface area contributed by atoms with Gasteiger partial charge in [0.2, 0.25) is 0 Å². The lowest BCUT2D eigenvalue weighted by Crippen LogP contribution is -2.24. The third-order valence-electron chi connectivity index (χ3n) is 4.74. The summed E-state index contributed by atoms with van der Waals surface area (Å²) in [5, 5.41) is 4.55. The molecule has 0 amide bonds. The van der Waals surface area contributed by atoms with Crippen LogP contribution in [-0.2, 0) is 0 Å². The van der Waals surface area contributed by atoms with Crippen molar-refractivity contribution in [3.63, 3.8) is 0 Å². The second-order valence-corrected chi connectivity index (χ2v) is 6.82. The molecule has 20 heavy (non-hydrogen) atoms. The second kappa shape index (κ2) is 8.05. The third kappa shape index (κ3) is 4.79. The van der Waals surface area contributed by atoms with Gasteiger partial charge >= 0.3 is 0 Å². The van der Waals surface area contributed by atoms with Gasteiger partial charge < -0.3 is 5.32 Å². The van der Waals surface area contributed by atoms with Crippen LogP contribution in [0.1, 0.15) is 64.0 Å². The first-order valence-electron chi connectivity index (χ1n) is 8.18. The second-order valence-electron chi connectivity index (χ2n) is 6.38. The first-order chi connectivity index (χ1) is 9.69. The molecule has 1 aromatic carbocycles. The van der Waals surface area contributed by atoms with Crippen LogP contribution in [-0.4, -0.2) is 6.54 Å². The Morgan fingerprint density at radius 2 is 2.00 bits per heavy atom. The molecule has 0 aromatic heterocycles. The summed E-state index contributed by atoms with van der Waals surface area (Å²) in [5.74, 6) is 1.89. The molecule has 0 aliphatic heterocycles. The standard InChI is InChI=1S/C18H28ClN/c1-3-18(16-5-4-6-17(19)13-16)20-12-11-15-9-7-14(2)8-10-15/h4-6,13-15,18,20H,3,7-12H2,1-2H3. The summed E-state index contributed by atoms with van der Waals surface area (Å²) in [5.41, 5.74) is 1.32. The van der Waals surface area contributed by atoms with E-state index >= 15 is 0 Å². The number of hydrogen-bond donors (Lipinski definition) is 1. The number of benzene rings is 1. The van der Waals surface area contributed by atoms with Crippen molar-refractivity contribution in [3.05, 3.63) is 34.9 Å². The Morgan fingerprint density at radius 3 is 2.65 bits per heavy atom. The smallest absolute Gasteiger partial charge is 0.0409 e. The van der Waals surface area contributed by atoms with E-state index in [2.05, 4.69) is 31.3 Å². The molecule has 1 aliphatic carbocycles. The van der Waals surface area contributed by atoms with E-state index in [1.807, 2.05) is 12.1 Å². The summed E-state index contributed by atoms with van der Waals surface area (Å²) in [6, 6.07) is 8.70. The Hall–Kier alpha value is -0.530. The topological polar surface area (TPSA) is 12.0 Å². The fourth-order valence-corrected chi connectivity index (χ4v) is 3.50. The van der Waals surface area contributed by atoms with Gasteiger partial charge in [-0.3, -0.25) is 0 Å². The van der Waals surface area contributed by atoms with E-state index in [-0.39, 0.29) is 0 Å². The lowest BCUT2D eigenvalue weighted by atomic mass is 9.81. The van der Waals surface area contributed by atoms with Crippen LogP contribution in [0.5, 0.6) is 0 Å². The molecule has 2 heteroatoms. The minimum absolute atomic E-state index is 0.441. The van der Waals surface area contributed by atoms with Crippen molar-refractivity contribution >= 4 is 11.6 Å². The predicted molar refractivity (Wildman–Crippen MR) is 88.2 cm³/mol. The van der Waals surface area contributed by atoms with Crippen molar-refractivity contribution in [2.75, 3.05) is 6.54 Å². The van der Waals surface area contributed by atoms with Crippen molar-refractivity contribution in [2.24, 2.45) is 11.8 Å². The van der Waals surface area contributed by atoms with E-state index in [0.717, 1.165) is 29.8 Å². The predicted octanol–water partition coefficient (Wildman–Crippen LogP) is 5.60. The summed E-state index contributed by atoms with van der Waals surface area (Å²) >= 11 is 6.09. The number of nitrogens with one attached hydrogen (secondary N) is 1. The van der Waals surface area contributed by atoms with Crippen molar-refractivity contribution < 1.29 is 0 Å². The van der Waals surface area contributed by atoms with Gasteiger partial charge in [-0.25, -0.2) is 0 Å². The van der Waals surface area contributed by atoms with Crippen molar-refractivity contribution in [3.8, 4) is 0 Å². The Kier molecular flexibility index (Phi) is 6.38. The molecule has 0 radical (unpaired) electrons. The van der Waals surface area contributed by atoms with E-state index < -0.39 is 0 Å². The van der Waals surface area contributed by atoms with Gasteiger partial charge in [-0.15, -0.1) is 0 Å². The van der Waals surface area contributed by atoms with Gasteiger partial charge in [0.05, 0.1) is 0 Å². The van der Waals surface area contributed by atoms with Crippen LogP contribution in [0.2, 0.25) is 5.02 Å². The molecule has 2 rings (SSSR count). The zero-order chi connectivity index (χ0) is 14.4. The summed E-state index contributed by atoms with van der Waals surface area (Å²) in [7, 11) is 0. The molecule has 1 aromatic rings. The molecule has 1 N–H and O–H groups in total. The molecule has 112 valence electrons. The fourth-order valence-electron chi connectivity index (χ4n) is 3.30. The number of rotatable bonds is 6. The van der Waals surface area contributed by atoms with Gasteiger partial charge in [-0.2, -0.15) is 0 Å². The van der Waals surface area contributed by atoms with Crippen LogP contribution in [0.4, 0.5) is 0 Å². The summed E-state index contributed by atoms with van der Waals surface area (Å²) in [6.45, 7) is 5.76. The number of halogens is 1. The Balaban J connectivity index is 1.76.